The third-order valence-electron chi connectivity index (χ3n) is 5.22. The van der Waals surface area contributed by atoms with E-state index in [2.05, 4.69) is 4.90 Å². The van der Waals surface area contributed by atoms with Crippen molar-refractivity contribution in [2.24, 2.45) is 0 Å². The first-order valence-corrected chi connectivity index (χ1v) is 9.30. The molecule has 2 aromatic carbocycles. The number of rotatable bonds is 3. The number of fused-ring (bicyclic) bond motifs is 1. The Kier molecular flexibility index (Phi) is 4.70. The summed E-state index contributed by atoms with van der Waals surface area (Å²) in [6, 6.07) is 7.53. The van der Waals surface area contributed by atoms with Gasteiger partial charge in [0.15, 0.2) is 5.76 Å². The lowest BCUT2D eigenvalue weighted by Gasteiger charge is -2.27. The molecule has 4 nitrogen and oxygen atoms in total. The van der Waals surface area contributed by atoms with Crippen LogP contribution in [0.2, 0.25) is 0 Å². The second-order valence-electron chi connectivity index (χ2n) is 7.22. The van der Waals surface area contributed by atoms with Crippen LogP contribution in [0.4, 0.5) is 4.39 Å². The first-order chi connectivity index (χ1) is 13.0. The Labute approximate surface area is 157 Å². The largest absolute Gasteiger partial charge is 0.507 e. The third kappa shape index (κ3) is 3.47. The fourth-order valence-electron chi connectivity index (χ4n) is 3.78. The van der Waals surface area contributed by atoms with Gasteiger partial charge in [-0.15, -0.1) is 0 Å². The second kappa shape index (κ2) is 7.16. The van der Waals surface area contributed by atoms with E-state index in [-0.39, 0.29) is 23.1 Å². The molecule has 2 aliphatic rings. The average Bonchev–Trinajstić information content (AvgIpc) is 2.98. The van der Waals surface area contributed by atoms with Crippen molar-refractivity contribution in [1.29, 1.82) is 0 Å². The molecule has 2 heterocycles. The predicted octanol–water partition coefficient (Wildman–Crippen LogP) is 4.44. The van der Waals surface area contributed by atoms with Crippen molar-refractivity contribution in [3.05, 3.63) is 64.2 Å². The lowest BCUT2D eigenvalue weighted by Crippen LogP contribution is -2.29. The normalized spacial score (nSPS) is 18.6. The maximum atomic E-state index is 13.1. The van der Waals surface area contributed by atoms with Crippen molar-refractivity contribution in [3.8, 4) is 11.5 Å². The Bertz CT molecular complexity index is 912. The molecule has 0 saturated carbocycles. The number of hydrogen-bond acceptors (Lipinski definition) is 4. The van der Waals surface area contributed by atoms with Gasteiger partial charge in [0.05, 0.1) is 11.1 Å². The summed E-state index contributed by atoms with van der Waals surface area (Å²) in [7, 11) is 0. The highest BCUT2D eigenvalue weighted by Crippen LogP contribution is 2.42. The van der Waals surface area contributed by atoms with E-state index in [9.17, 15) is 14.3 Å². The minimum atomic E-state index is -0.330. The van der Waals surface area contributed by atoms with Crippen molar-refractivity contribution < 1.29 is 19.0 Å². The number of phenols is 1. The van der Waals surface area contributed by atoms with Crippen LogP contribution >= 0.6 is 0 Å². The molecule has 2 aromatic rings. The number of nitrogens with zero attached hydrogens (tertiary/aromatic N) is 1. The van der Waals surface area contributed by atoms with Crippen LogP contribution in [-0.2, 0) is 6.54 Å². The average molecular weight is 367 g/mol. The second-order valence-corrected chi connectivity index (χ2v) is 7.22. The highest BCUT2D eigenvalue weighted by Gasteiger charge is 2.33. The smallest absolute Gasteiger partial charge is 0.232 e. The van der Waals surface area contributed by atoms with E-state index in [4.69, 9.17) is 4.74 Å². The van der Waals surface area contributed by atoms with E-state index in [1.165, 1.54) is 18.6 Å². The molecule has 0 amide bonds. The van der Waals surface area contributed by atoms with Gasteiger partial charge in [-0.05, 0) is 68.3 Å². The van der Waals surface area contributed by atoms with Crippen LogP contribution in [0, 0.1) is 12.7 Å². The summed E-state index contributed by atoms with van der Waals surface area (Å²) in [5.41, 5.74) is 2.55. The van der Waals surface area contributed by atoms with Crippen molar-refractivity contribution in [3.63, 3.8) is 0 Å². The summed E-state index contributed by atoms with van der Waals surface area (Å²) >= 11 is 0. The van der Waals surface area contributed by atoms with Crippen LogP contribution in [0.5, 0.6) is 11.5 Å². The quantitative estimate of drug-likeness (QED) is 0.815. The van der Waals surface area contributed by atoms with Crippen LogP contribution in [0.15, 0.2) is 36.1 Å². The van der Waals surface area contributed by atoms with E-state index in [0.717, 1.165) is 25.9 Å². The van der Waals surface area contributed by atoms with Crippen molar-refractivity contribution in [2.75, 3.05) is 13.1 Å². The number of phenolic OH excluding ortho intramolecular Hbond substituents is 1. The van der Waals surface area contributed by atoms with Crippen LogP contribution in [0.1, 0.15) is 46.3 Å². The van der Waals surface area contributed by atoms with Gasteiger partial charge in [0, 0.05) is 6.54 Å². The number of piperidine rings is 1. The number of aromatic hydroxyl groups is 1. The number of allylic oxidation sites excluding steroid dienone is 1. The Morgan fingerprint density at radius 1 is 1.19 bits per heavy atom. The highest BCUT2D eigenvalue weighted by atomic mass is 19.1. The molecular formula is C22H22FNO3. The van der Waals surface area contributed by atoms with Crippen molar-refractivity contribution in [1.82, 2.24) is 4.90 Å². The van der Waals surface area contributed by atoms with E-state index in [1.54, 1.807) is 31.2 Å². The van der Waals surface area contributed by atoms with Gasteiger partial charge in [-0.25, -0.2) is 4.39 Å². The molecule has 2 aliphatic heterocycles. The molecule has 4 rings (SSSR count). The number of Topliss-reactive ketones (excluding diaryl/α,β-unsaturated/α-hetero) is 1. The molecule has 5 heteroatoms. The summed E-state index contributed by atoms with van der Waals surface area (Å²) in [6.45, 7) is 4.32. The molecule has 1 fully saturated rings. The lowest BCUT2D eigenvalue weighted by atomic mass is 9.98. The van der Waals surface area contributed by atoms with Gasteiger partial charge < -0.3 is 9.84 Å². The molecule has 0 spiro atoms. The molecule has 1 saturated heterocycles. The molecule has 27 heavy (non-hydrogen) atoms. The lowest BCUT2D eigenvalue weighted by molar-refractivity contribution is 0.101. The molecule has 0 aromatic heterocycles. The van der Waals surface area contributed by atoms with Crippen LogP contribution < -0.4 is 4.74 Å². The summed E-state index contributed by atoms with van der Waals surface area (Å²) in [6.07, 6.45) is 5.13. The summed E-state index contributed by atoms with van der Waals surface area (Å²) in [5, 5.41) is 10.5. The number of carbonyl (C=O) groups is 1. The minimum Gasteiger partial charge on any atom is -0.507 e. The standard InChI is InChI=1S/C22H22FNO3/c1-14-11-18(25)17(13-24-9-3-2-4-10-24)22-20(14)21(26)19(27-22)12-15-5-7-16(23)8-6-15/h5-8,11-12,25H,2-4,9-10,13H2,1H3/b19-12-. The number of likely N-dealkylation sites (tertiary alicyclic amines) is 1. The Hall–Kier alpha value is -2.66. The van der Waals surface area contributed by atoms with Gasteiger partial charge in [0.1, 0.15) is 17.3 Å². The molecule has 0 unspecified atom stereocenters. The molecule has 0 radical (unpaired) electrons. The zero-order valence-corrected chi connectivity index (χ0v) is 15.3. The predicted molar refractivity (Wildman–Crippen MR) is 101 cm³/mol. The summed E-state index contributed by atoms with van der Waals surface area (Å²) < 4.78 is 19.0. The molecular weight excluding hydrogens is 345 g/mol. The minimum absolute atomic E-state index is 0.160. The zero-order valence-electron chi connectivity index (χ0n) is 15.3. The number of ketones is 1. The number of ether oxygens (including phenoxy) is 1. The van der Waals surface area contributed by atoms with E-state index >= 15 is 0 Å². The first-order valence-electron chi connectivity index (χ1n) is 9.30. The monoisotopic (exact) mass is 367 g/mol. The molecule has 0 aliphatic carbocycles. The SMILES string of the molecule is Cc1cc(O)c(CN2CCCCC2)c2c1C(=O)/C(=C/c1ccc(F)cc1)O2. The summed E-state index contributed by atoms with van der Waals surface area (Å²) in [4.78, 5) is 15.2. The number of halogens is 1. The van der Waals surface area contributed by atoms with Crippen molar-refractivity contribution >= 4 is 11.9 Å². The number of benzene rings is 2. The van der Waals surface area contributed by atoms with Gasteiger partial charge in [0.25, 0.3) is 0 Å². The molecule has 1 N–H and O–H groups in total. The van der Waals surface area contributed by atoms with E-state index in [1.807, 2.05) is 0 Å². The van der Waals surface area contributed by atoms with E-state index in [0.29, 0.717) is 34.5 Å². The summed E-state index contributed by atoms with van der Waals surface area (Å²) in [5.74, 6) is 0.282. The molecule has 0 bridgehead atoms. The van der Waals surface area contributed by atoms with Gasteiger partial charge in [-0.2, -0.15) is 0 Å². The Morgan fingerprint density at radius 3 is 2.59 bits per heavy atom. The number of hydrogen-bond donors (Lipinski definition) is 1. The van der Waals surface area contributed by atoms with Gasteiger partial charge >= 0.3 is 0 Å². The van der Waals surface area contributed by atoms with Crippen LogP contribution in [0.25, 0.3) is 6.08 Å². The Morgan fingerprint density at radius 2 is 1.89 bits per heavy atom. The van der Waals surface area contributed by atoms with Crippen molar-refractivity contribution in [2.45, 2.75) is 32.7 Å². The van der Waals surface area contributed by atoms with Crippen LogP contribution in [0.3, 0.4) is 0 Å². The maximum absolute atomic E-state index is 13.1. The molecule has 0 atom stereocenters. The molecule has 140 valence electrons. The fourth-order valence-corrected chi connectivity index (χ4v) is 3.78. The third-order valence-corrected chi connectivity index (χ3v) is 5.22. The first kappa shape index (κ1) is 17.7. The van der Waals surface area contributed by atoms with Crippen LogP contribution in [-0.4, -0.2) is 28.9 Å². The van der Waals surface area contributed by atoms with Gasteiger partial charge in [0.2, 0.25) is 5.78 Å². The fraction of sp³-hybridized carbons (Fsp3) is 0.318. The highest BCUT2D eigenvalue weighted by molar-refractivity contribution is 6.15. The number of carbonyl (C=O) groups excluding carboxylic acids is 1. The van der Waals surface area contributed by atoms with Gasteiger partial charge in [-0.1, -0.05) is 18.6 Å². The topological polar surface area (TPSA) is 49.8 Å². The van der Waals surface area contributed by atoms with Gasteiger partial charge in [-0.3, -0.25) is 9.69 Å². The van der Waals surface area contributed by atoms with E-state index < -0.39 is 0 Å². The number of aryl methyl sites for hydroxylation is 1. The maximum Gasteiger partial charge on any atom is 0.232 e. The zero-order chi connectivity index (χ0) is 19.0. The Balaban J connectivity index is 1.69.